The van der Waals surface area contributed by atoms with Crippen LogP contribution in [0.4, 0.5) is 0 Å². The van der Waals surface area contributed by atoms with E-state index in [1.807, 2.05) is 6.08 Å². The van der Waals surface area contributed by atoms with Crippen LogP contribution in [-0.4, -0.2) is 5.78 Å². The largest absolute Gasteiger partial charge is 0.295 e. The monoisotopic (exact) mass is 270 g/mol. The first-order chi connectivity index (χ1) is 9.56. The van der Waals surface area contributed by atoms with Crippen molar-refractivity contribution in [2.45, 2.75) is 52.4 Å². The lowest BCUT2D eigenvalue weighted by Crippen LogP contribution is -2.47. The van der Waals surface area contributed by atoms with Crippen LogP contribution in [0.25, 0.3) is 0 Å². The predicted octanol–water partition coefficient (Wildman–Crippen LogP) is 4.54. The van der Waals surface area contributed by atoms with Gasteiger partial charge in [0, 0.05) is 6.42 Å². The molecule has 4 aliphatic carbocycles. The van der Waals surface area contributed by atoms with Crippen molar-refractivity contribution in [3.05, 3.63) is 23.8 Å². The molecule has 0 bridgehead atoms. The molecule has 20 heavy (non-hydrogen) atoms. The van der Waals surface area contributed by atoms with Crippen molar-refractivity contribution in [2.75, 3.05) is 0 Å². The average Bonchev–Trinajstić information content (AvgIpc) is 2.84. The first-order valence-electron chi connectivity index (χ1n) is 8.46. The molecular weight excluding hydrogens is 244 g/mol. The lowest BCUT2D eigenvalue weighted by atomic mass is 9.50. The first-order valence-corrected chi connectivity index (χ1v) is 8.46. The van der Waals surface area contributed by atoms with E-state index < -0.39 is 0 Å². The fourth-order valence-electron chi connectivity index (χ4n) is 6.11. The van der Waals surface area contributed by atoms with Gasteiger partial charge in [0.2, 0.25) is 0 Å². The third-order valence-electron chi connectivity index (χ3n) is 6.69. The average molecular weight is 270 g/mol. The summed E-state index contributed by atoms with van der Waals surface area (Å²) in [5.41, 5.74) is 1.68. The molecule has 0 aromatic heterocycles. The molecule has 0 amide bonds. The molecule has 2 fully saturated rings. The molecule has 2 saturated carbocycles. The van der Waals surface area contributed by atoms with Crippen LogP contribution in [0.1, 0.15) is 52.4 Å². The van der Waals surface area contributed by atoms with Gasteiger partial charge in [-0.05, 0) is 73.2 Å². The van der Waals surface area contributed by atoms with E-state index in [4.69, 9.17) is 0 Å². The van der Waals surface area contributed by atoms with Crippen molar-refractivity contribution in [1.29, 1.82) is 0 Å². The van der Waals surface area contributed by atoms with Crippen LogP contribution in [0.3, 0.4) is 0 Å². The number of carbonyl (C=O) groups excluding carboxylic acids is 1. The van der Waals surface area contributed by atoms with Crippen molar-refractivity contribution < 1.29 is 4.79 Å². The molecule has 0 heterocycles. The lowest BCUT2D eigenvalue weighted by Gasteiger charge is -2.54. The van der Waals surface area contributed by atoms with E-state index in [2.05, 4.69) is 26.0 Å². The Morgan fingerprint density at radius 3 is 2.80 bits per heavy atom. The Kier molecular flexibility index (Phi) is 2.78. The highest BCUT2D eigenvalue weighted by Crippen LogP contribution is 2.59. The zero-order chi connectivity index (χ0) is 13.9. The number of fused-ring (bicyclic) bond motifs is 5. The molecule has 0 aromatic rings. The molecule has 0 N–H and O–H groups in total. The quantitative estimate of drug-likeness (QED) is 0.591. The van der Waals surface area contributed by atoms with Crippen LogP contribution in [0, 0.1) is 35.0 Å². The van der Waals surface area contributed by atoms with E-state index >= 15 is 0 Å². The normalized spacial score (nSPS) is 45.4. The van der Waals surface area contributed by atoms with Gasteiger partial charge in [-0.25, -0.2) is 0 Å². The minimum absolute atomic E-state index is 0.184. The Labute approximate surface area is 122 Å². The van der Waals surface area contributed by atoms with Crippen molar-refractivity contribution in [2.24, 2.45) is 35.0 Å². The number of hydrogen-bond donors (Lipinski definition) is 0. The van der Waals surface area contributed by atoms with Crippen LogP contribution >= 0.6 is 0 Å². The maximum Gasteiger partial charge on any atom is 0.156 e. The fourth-order valence-corrected chi connectivity index (χ4v) is 6.11. The Hall–Kier alpha value is -0.850. The summed E-state index contributed by atoms with van der Waals surface area (Å²) in [5.74, 6) is 4.60. The molecule has 1 nitrogen and oxygen atoms in total. The molecule has 108 valence electrons. The third-order valence-corrected chi connectivity index (χ3v) is 6.69. The highest BCUT2D eigenvalue weighted by molar-refractivity contribution is 5.92. The number of hydrogen-bond acceptors (Lipinski definition) is 1. The second-order valence-corrected chi connectivity index (χ2v) is 8.26. The Morgan fingerprint density at radius 2 is 1.95 bits per heavy atom. The topological polar surface area (TPSA) is 17.1 Å². The van der Waals surface area contributed by atoms with E-state index in [1.54, 1.807) is 0 Å². The van der Waals surface area contributed by atoms with Gasteiger partial charge in [-0.15, -0.1) is 0 Å². The van der Waals surface area contributed by atoms with Crippen molar-refractivity contribution in [3.8, 4) is 0 Å². The van der Waals surface area contributed by atoms with Gasteiger partial charge in [-0.1, -0.05) is 31.6 Å². The SMILES string of the molecule is CC1(C)CC(=O)C=C2CCC3C4CC=CC4CCC3C21. The second kappa shape index (κ2) is 4.32. The number of allylic oxidation sites excluding steroid dienone is 4. The molecule has 4 rings (SSSR count). The highest BCUT2D eigenvalue weighted by Gasteiger charge is 2.51. The van der Waals surface area contributed by atoms with Gasteiger partial charge in [0.15, 0.2) is 5.78 Å². The van der Waals surface area contributed by atoms with Crippen LogP contribution in [-0.2, 0) is 4.79 Å². The smallest absolute Gasteiger partial charge is 0.156 e. The predicted molar refractivity (Wildman–Crippen MR) is 81.2 cm³/mol. The van der Waals surface area contributed by atoms with E-state index in [1.165, 1.54) is 37.7 Å². The van der Waals surface area contributed by atoms with Gasteiger partial charge in [0.25, 0.3) is 0 Å². The van der Waals surface area contributed by atoms with Crippen molar-refractivity contribution in [3.63, 3.8) is 0 Å². The molecule has 0 aromatic carbocycles. The molecule has 0 saturated heterocycles. The van der Waals surface area contributed by atoms with E-state index in [0.717, 1.165) is 30.1 Å². The molecule has 1 heteroatoms. The first kappa shape index (κ1) is 12.9. The highest BCUT2D eigenvalue weighted by atomic mass is 16.1. The Balaban J connectivity index is 1.69. The maximum absolute atomic E-state index is 12.0. The molecule has 0 spiro atoms. The molecule has 5 unspecified atom stereocenters. The Morgan fingerprint density at radius 1 is 1.10 bits per heavy atom. The van der Waals surface area contributed by atoms with Gasteiger partial charge in [-0.3, -0.25) is 4.79 Å². The summed E-state index contributed by atoms with van der Waals surface area (Å²) in [7, 11) is 0. The summed E-state index contributed by atoms with van der Waals surface area (Å²) < 4.78 is 0. The van der Waals surface area contributed by atoms with E-state index in [9.17, 15) is 4.79 Å². The van der Waals surface area contributed by atoms with Crippen molar-refractivity contribution >= 4 is 5.78 Å². The summed E-state index contributed by atoms with van der Waals surface area (Å²) in [5, 5.41) is 0. The van der Waals surface area contributed by atoms with Gasteiger partial charge in [-0.2, -0.15) is 0 Å². The van der Waals surface area contributed by atoms with Crippen LogP contribution in [0.2, 0.25) is 0 Å². The molecule has 0 radical (unpaired) electrons. The standard InChI is InChI=1S/C19H26O/c1-19(2)11-14(20)10-13-7-8-16-15-5-3-4-12(15)6-9-17(16)18(13)19/h3-4,10,12,15-18H,5-9,11H2,1-2H3. The van der Waals surface area contributed by atoms with Gasteiger partial charge in [0.05, 0.1) is 0 Å². The summed E-state index contributed by atoms with van der Waals surface area (Å²) in [4.78, 5) is 12.0. The summed E-state index contributed by atoms with van der Waals surface area (Å²) in [6, 6.07) is 0. The zero-order valence-corrected chi connectivity index (χ0v) is 12.8. The maximum atomic E-state index is 12.0. The summed E-state index contributed by atoms with van der Waals surface area (Å²) >= 11 is 0. The minimum Gasteiger partial charge on any atom is -0.295 e. The number of carbonyl (C=O) groups is 1. The molecule has 4 aliphatic rings. The lowest BCUT2D eigenvalue weighted by molar-refractivity contribution is -0.119. The van der Waals surface area contributed by atoms with Gasteiger partial charge < -0.3 is 0 Å². The third kappa shape index (κ3) is 1.78. The molecule has 5 atom stereocenters. The van der Waals surface area contributed by atoms with Crippen LogP contribution in [0.15, 0.2) is 23.8 Å². The Bertz CT molecular complexity index is 496. The summed E-state index contributed by atoms with van der Waals surface area (Å²) in [6.45, 7) is 4.67. The van der Waals surface area contributed by atoms with Crippen LogP contribution in [0.5, 0.6) is 0 Å². The molecular formula is C19H26O. The fraction of sp³-hybridized carbons (Fsp3) is 0.737. The van der Waals surface area contributed by atoms with Gasteiger partial charge >= 0.3 is 0 Å². The van der Waals surface area contributed by atoms with Crippen LogP contribution < -0.4 is 0 Å². The minimum atomic E-state index is 0.184. The number of ketones is 1. The van der Waals surface area contributed by atoms with Crippen molar-refractivity contribution in [1.82, 2.24) is 0 Å². The second-order valence-electron chi connectivity index (χ2n) is 8.26. The zero-order valence-electron chi connectivity index (χ0n) is 12.8. The number of rotatable bonds is 0. The van der Waals surface area contributed by atoms with E-state index in [-0.39, 0.29) is 5.41 Å². The van der Waals surface area contributed by atoms with Gasteiger partial charge in [0.1, 0.15) is 0 Å². The molecule has 0 aliphatic heterocycles. The summed E-state index contributed by atoms with van der Waals surface area (Å²) in [6.07, 6.45) is 14.3. The van der Waals surface area contributed by atoms with E-state index in [0.29, 0.717) is 11.7 Å².